The predicted octanol–water partition coefficient (Wildman–Crippen LogP) is 2.95. The molecule has 1 saturated heterocycles. The average molecular weight is 380 g/mol. The lowest BCUT2D eigenvalue weighted by Gasteiger charge is -2.32. The zero-order chi connectivity index (χ0) is 20.1. The van der Waals surface area contributed by atoms with E-state index in [1.807, 2.05) is 31.2 Å². The van der Waals surface area contributed by atoms with E-state index in [4.69, 9.17) is 4.74 Å². The van der Waals surface area contributed by atoms with Crippen LogP contribution in [0.5, 0.6) is 5.75 Å². The summed E-state index contributed by atoms with van der Waals surface area (Å²) in [5.41, 5.74) is 2.12. The highest BCUT2D eigenvalue weighted by Crippen LogP contribution is 2.19. The monoisotopic (exact) mass is 380 g/mol. The van der Waals surface area contributed by atoms with E-state index in [0.29, 0.717) is 42.8 Å². The second-order valence-electron chi connectivity index (χ2n) is 6.98. The first-order valence-corrected chi connectivity index (χ1v) is 9.38. The Bertz CT molecular complexity index is 886. The van der Waals surface area contributed by atoms with Gasteiger partial charge in [-0.05, 0) is 49.6 Å². The number of carbonyl (C=O) groups is 3. The zero-order valence-corrected chi connectivity index (χ0v) is 16.1. The molecule has 2 amide bonds. The quantitative estimate of drug-likeness (QED) is 0.654. The number of esters is 1. The van der Waals surface area contributed by atoms with Crippen LogP contribution in [0.25, 0.3) is 0 Å². The molecular formula is C22H24N2O4. The topological polar surface area (TPSA) is 75.7 Å². The molecule has 28 heavy (non-hydrogen) atoms. The van der Waals surface area contributed by atoms with Crippen LogP contribution in [0.3, 0.4) is 0 Å². The molecule has 0 bridgehead atoms. The summed E-state index contributed by atoms with van der Waals surface area (Å²) in [6.07, 6.45) is 1.40. The predicted molar refractivity (Wildman–Crippen MR) is 105 cm³/mol. The van der Waals surface area contributed by atoms with Crippen LogP contribution in [0.2, 0.25) is 0 Å². The molecule has 0 saturated carbocycles. The van der Waals surface area contributed by atoms with Crippen molar-refractivity contribution in [3.05, 3.63) is 65.2 Å². The Balaban J connectivity index is 1.56. The molecule has 1 aliphatic heterocycles. The minimum absolute atomic E-state index is 0.0449. The summed E-state index contributed by atoms with van der Waals surface area (Å²) in [6, 6.07) is 14.2. The van der Waals surface area contributed by atoms with E-state index in [0.717, 1.165) is 5.56 Å². The number of hydrogen-bond donors (Lipinski definition) is 1. The van der Waals surface area contributed by atoms with Crippen LogP contribution in [-0.4, -0.2) is 41.8 Å². The third-order valence-electron chi connectivity index (χ3n) is 4.85. The summed E-state index contributed by atoms with van der Waals surface area (Å²) in [5.74, 6) is -0.233. The molecule has 0 radical (unpaired) electrons. The number of rotatable bonds is 4. The van der Waals surface area contributed by atoms with Crippen molar-refractivity contribution in [1.82, 2.24) is 10.2 Å². The van der Waals surface area contributed by atoms with E-state index in [1.54, 1.807) is 29.2 Å². The first-order valence-electron chi connectivity index (χ1n) is 9.38. The van der Waals surface area contributed by atoms with E-state index in [2.05, 4.69) is 5.32 Å². The Morgan fingerprint density at radius 1 is 1.04 bits per heavy atom. The number of nitrogens with one attached hydrogen (secondary N) is 1. The fourth-order valence-corrected chi connectivity index (χ4v) is 3.36. The van der Waals surface area contributed by atoms with Crippen molar-refractivity contribution >= 4 is 17.8 Å². The molecule has 0 atom stereocenters. The van der Waals surface area contributed by atoms with Gasteiger partial charge in [0.1, 0.15) is 5.75 Å². The van der Waals surface area contributed by atoms with Gasteiger partial charge in [-0.25, -0.2) is 0 Å². The molecule has 2 aromatic carbocycles. The Hall–Kier alpha value is -3.15. The summed E-state index contributed by atoms with van der Waals surface area (Å²) in [4.78, 5) is 38.1. The van der Waals surface area contributed by atoms with Gasteiger partial charge < -0.3 is 15.0 Å². The van der Waals surface area contributed by atoms with E-state index < -0.39 is 5.97 Å². The molecule has 0 aliphatic carbocycles. The molecule has 1 N–H and O–H groups in total. The summed E-state index contributed by atoms with van der Waals surface area (Å²) in [6.45, 7) is 4.37. The number of hydrogen-bond acceptors (Lipinski definition) is 4. The number of piperidine rings is 1. The van der Waals surface area contributed by atoms with Crippen molar-refractivity contribution in [2.24, 2.45) is 0 Å². The maximum absolute atomic E-state index is 12.7. The fraction of sp³-hybridized carbons (Fsp3) is 0.318. The number of carbonyl (C=O) groups excluding carboxylic acids is 3. The minimum atomic E-state index is -0.421. The van der Waals surface area contributed by atoms with Gasteiger partial charge in [-0.1, -0.05) is 24.3 Å². The van der Waals surface area contributed by atoms with Gasteiger partial charge in [0, 0.05) is 37.2 Å². The molecule has 0 aromatic heterocycles. The highest BCUT2D eigenvalue weighted by molar-refractivity contribution is 5.96. The Morgan fingerprint density at radius 3 is 2.43 bits per heavy atom. The van der Waals surface area contributed by atoms with Gasteiger partial charge in [0.25, 0.3) is 11.8 Å². The van der Waals surface area contributed by atoms with Crippen molar-refractivity contribution in [3.8, 4) is 5.75 Å². The molecular weight excluding hydrogens is 356 g/mol. The molecule has 0 spiro atoms. The first kappa shape index (κ1) is 19.6. The van der Waals surface area contributed by atoms with Gasteiger partial charge in [0.2, 0.25) is 0 Å². The van der Waals surface area contributed by atoms with E-state index in [1.165, 1.54) is 6.92 Å². The second kappa shape index (κ2) is 8.69. The van der Waals surface area contributed by atoms with Crippen LogP contribution in [0.15, 0.2) is 48.5 Å². The van der Waals surface area contributed by atoms with Crippen LogP contribution >= 0.6 is 0 Å². The third kappa shape index (κ3) is 4.76. The standard InChI is InChI=1S/C22H24N2O4/c1-15-6-3-4-9-20(15)21(26)23-18-10-12-24(13-11-18)22(27)17-7-5-8-19(14-17)28-16(2)25/h3-9,14,18H,10-13H2,1-2H3,(H,23,26). The first-order chi connectivity index (χ1) is 13.4. The summed E-state index contributed by atoms with van der Waals surface area (Å²) in [7, 11) is 0. The van der Waals surface area contributed by atoms with Crippen molar-refractivity contribution in [1.29, 1.82) is 0 Å². The van der Waals surface area contributed by atoms with Gasteiger partial charge in [0.15, 0.2) is 0 Å². The molecule has 3 rings (SSSR count). The molecule has 6 nitrogen and oxygen atoms in total. The summed E-state index contributed by atoms with van der Waals surface area (Å²) < 4.78 is 5.05. The molecule has 0 unspecified atom stereocenters. The Kier molecular flexibility index (Phi) is 6.09. The lowest BCUT2D eigenvalue weighted by molar-refractivity contribution is -0.131. The van der Waals surface area contributed by atoms with Gasteiger partial charge in [-0.3, -0.25) is 14.4 Å². The lowest BCUT2D eigenvalue weighted by Crippen LogP contribution is -2.46. The third-order valence-corrected chi connectivity index (χ3v) is 4.85. The van der Waals surface area contributed by atoms with Gasteiger partial charge in [0.05, 0.1) is 0 Å². The van der Waals surface area contributed by atoms with Crippen LogP contribution in [0.1, 0.15) is 46.0 Å². The largest absolute Gasteiger partial charge is 0.427 e. The number of nitrogens with zero attached hydrogens (tertiary/aromatic N) is 1. The van der Waals surface area contributed by atoms with E-state index in [9.17, 15) is 14.4 Å². The smallest absolute Gasteiger partial charge is 0.308 e. The zero-order valence-electron chi connectivity index (χ0n) is 16.1. The highest BCUT2D eigenvalue weighted by atomic mass is 16.5. The van der Waals surface area contributed by atoms with Crippen molar-refractivity contribution < 1.29 is 19.1 Å². The van der Waals surface area contributed by atoms with Crippen LogP contribution in [0, 0.1) is 6.92 Å². The lowest BCUT2D eigenvalue weighted by atomic mass is 10.0. The van der Waals surface area contributed by atoms with Gasteiger partial charge in [-0.15, -0.1) is 0 Å². The number of aryl methyl sites for hydroxylation is 1. The van der Waals surface area contributed by atoms with Gasteiger partial charge >= 0.3 is 5.97 Å². The number of benzene rings is 2. The normalized spacial score (nSPS) is 14.4. The Labute approximate surface area is 164 Å². The van der Waals surface area contributed by atoms with E-state index >= 15 is 0 Å². The average Bonchev–Trinajstić information content (AvgIpc) is 2.68. The van der Waals surface area contributed by atoms with E-state index in [-0.39, 0.29) is 17.9 Å². The molecule has 1 heterocycles. The highest BCUT2D eigenvalue weighted by Gasteiger charge is 2.25. The fourth-order valence-electron chi connectivity index (χ4n) is 3.36. The number of ether oxygens (including phenoxy) is 1. The summed E-state index contributed by atoms with van der Waals surface area (Å²) in [5, 5.41) is 3.07. The van der Waals surface area contributed by atoms with Crippen LogP contribution < -0.4 is 10.1 Å². The Morgan fingerprint density at radius 2 is 1.75 bits per heavy atom. The SMILES string of the molecule is CC(=O)Oc1cccc(C(=O)N2CCC(NC(=O)c3ccccc3C)CC2)c1. The van der Waals surface area contributed by atoms with Crippen molar-refractivity contribution in [3.63, 3.8) is 0 Å². The molecule has 1 fully saturated rings. The minimum Gasteiger partial charge on any atom is -0.427 e. The van der Waals surface area contributed by atoms with Crippen molar-refractivity contribution in [2.45, 2.75) is 32.7 Å². The maximum Gasteiger partial charge on any atom is 0.308 e. The second-order valence-corrected chi connectivity index (χ2v) is 6.98. The molecule has 1 aliphatic rings. The summed E-state index contributed by atoms with van der Waals surface area (Å²) >= 11 is 0. The number of likely N-dealkylation sites (tertiary alicyclic amines) is 1. The molecule has 146 valence electrons. The van der Waals surface area contributed by atoms with Gasteiger partial charge in [-0.2, -0.15) is 0 Å². The van der Waals surface area contributed by atoms with Crippen molar-refractivity contribution in [2.75, 3.05) is 13.1 Å². The number of amides is 2. The molecule has 2 aromatic rings. The van der Waals surface area contributed by atoms with Crippen LogP contribution in [-0.2, 0) is 4.79 Å². The maximum atomic E-state index is 12.7. The van der Waals surface area contributed by atoms with Crippen LogP contribution in [0.4, 0.5) is 0 Å². The molecule has 6 heteroatoms.